The van der Waals surface area contributed by atoms with E-state index >= 15 is 0 Å². The molecule has 0 unspecified atom stereocenters. The van der Waals surface area contributed by atoms with Crippen molar-refractivity contribution in [2.24, 2.45) is 0 Å². The van der Waals surface area contributed by atoms with Crippen molar-refractivity contribution in [1.82, 2.24) is 14.9 Å². The molecule has 1 amide bonds. The molecule has 0 saturated carbocycles. The summed E-state index contributed by atoms with van der Waals surface area (Å²) in [5.41, 5.74) is -1.16. The molecule has 0 radical (unpaired) electrons. The SMILES string of the molecule is CC(=O)CNc1cc(F)ccc1CNC(=O)c1nc2n(c(=O)c1O)CCOC2(C)C. The Labute approximate surface area is 171 Å². The summed E-state index contributed by atoms with van der Waals surface area (Å²) in [6.07, 6.45) is 0. The molecule has 2 heterocycles. The van der Waals surface area contributed by atoms with Crippen molar-refractivity contribution in [2.45, 2.75) is 39.5 Å². The summed E-state index contributed by atoms with van der Waals surface area (Å²) in [4.78, 5) is 40.5. The molecule has 3 rings (SSSR count). The Morgan fingerprint density at radius 3 is 2.80 bits per heavy atom. The first-order valence-corrected chi connectivity index (χ1v) is 9.38. The van der Waals surface area contributed by atoms with Crippen LogP contribution in [0, 0.1) is 5.82 Å². The third-order valence-corrected chi connectivity index (χ3v) is 4.72. The molecule has 3 N–H and O–H groups in total. The summed E-state index contributed by atoms with van der Waals surface area (Å²) >= 11 is 0. The number of ether oxygens (including phenoxy) is 1. The number of amides is 1. The highest BCUT2D eigenvalue weighted by molar-refractivity contribution is 5.94. The van der Waals surface area contributed by atoms with Crippen LogP contribution in [-0.2, 0) is 28.2 Å². The fraction of sp³-hybridized carbons (Fsp3) is 0.400. The monoisotopic (exact) mass is 418 g/mol. The number of nitrogens with zero attached hydrogens (tertiary/aromatic N) is 2. The summed E-state index contributed by atoms with van der Waals surface area (Å²) in [6, 6.07) is 3.90. The minimum absolute atomic E-state index is 0.00339. The average molecular weight is 418 g/mol. The predicted octanol–water partition coefficient (Wildman–Crippen LogP) is 1.28. The van der Waals surface area contributed by atoms with Crippen LogP contribution < -0.4 is 16.2 Å². The van der Waals surface area contributed by atoms with Crippen molar-refractivity contribution in [3.63, 3.8) is 0 Å². The Kier molecular flexibility index (Phi) is 5.88. The third-order valence-electron chi connectivity index (χ3n) is 4.72. The lowest BCUT2D eigenvalue weighted by molar-refractivity contribution is -0.115. The van der Waals surface area contributed by atoms with E-state index in [0.29, 0.717) is 11.3 Å². The molecule has 0 fully saturated rings. The van der Waals surface area contributed by atoms with E-state index in [9.17, 15) is 23.9 Å². The van der Waals surface area contributed by atoms with Gasteiger partial charge in [-0.2, -0.15) is 0 Å². The fourth-order valence-electron chi connectivity index (χ4n) is 3.17. The maximum absolute atomic E-state index is 13.6. The second-order valence-corrected chi connectivity index (χ2v) is 7.49. The highest BCUT2D eigenvalue weighted by Crippen LogP contribution is 2.27. The molecule has 9 nitrogen and oxygen atoms in total. The standard InChI is InChI=1S/C20H23FN4O5/c1-11(26)9-22-14-8-13(21)5-4-12(14)10-23-17(28)15-16(27)18(29)25-6-7-30-20(2,3)19(25)24-15/h4-5,8,22,27H,6-7,9-10H2,1-3H3,(H,23,28). The number of ketones is 1. The van der Waals surface area contributed by atoms with Gasteiger partial charge in [0.15, 0.2) is 5.69 Å². The van der Waals surface area contributed by atoms with Gasteiger partial charge in [-0.1, -0.05) is 6.07 Å². The second-order valence-electron chi connectivity index (χ2n) is 7.49. The highest BCUT2D eigenvalue weighted by atomic mass is 19.1. The van der Waals surface area contributed by atoms with Crippen LogP contribution in [0.3, 0.4) is 0 Å². The smallest absolute Gasteiger partial charge is 0.296 e. The van der Waals surface area contributed by atoms with Gasteiger partial charge in [-0.3, -0.25) is 19.0 Å². The van der Waals surface area contributed by atoms with E-state index in [4.69, 9.17) is 4.74 Å². The molecule has 2 aromatic rings. The van der Waals surface area contributed by atoms with Gasteiger partial charge < -0.3 is 20.5 Å². The first kappa shape index (κ1) is 21.4. The fourth-order valence-corrected chi connectivity index (χ4v) is 3.17. The van der Waals surface area contributed by atoms with Gasteiger partial charge in [0.1, 0.15) is 23.0 Å². The molecule has 0 aliphatic carbocycles. The molecule has 0 atom stereocenters. The molecule has 0 bridgehead atoms. The number of nitrogens with one attached hydrogen (secondary N) is 2. The van der Waals surface area contributed by atoms with Gasteiger partial charge in [0.2, 0.25) is 5.75 Å². The molecular formula is C20H23FN4O5. The zero-order chi connectivity index (χ0) is 22.1. The Hall–Kier alpha value is -3.27. The molecule has 1 aromatic heterocycles. The Balaban J connectivity index is 1.85. The van der Waals surface area contributed by atoms with Crippen molar-refractivity contribution >= 4 is 17.4 Å². The predicted molar refractivity (Wildman–Crippen MR) is 106 cm³/mol. The number of hydrogen-bond acceptors (Lipinski definition) is 7. The number of carbonyl (C=O) groups excluding carboxylic acids is 2. The minimum Gasteiger partial charge on any atom is -0.501 e. The number of hydrogen-bond donors (Lipinski definition) is 3. The molecule has 1 aromatic carbocycles. The maximum Gasteiger partial charge on any atom is 0.296 e. The molecule has 0 saturated heterocycles. The van der Waals surface area contributed by atoms with Crippen LogP contribution in [-0.4, -0.2) is 39.5 Å². The highest BCUT2D eigenvalue weighted by Gasteiger charge is 2.34. The van der Waals surface area contributed by atoms with Crippen molar-refractivity contribution < 1.29 is 23.8 Å². The quantitative estimate of drug-likeness (QED) is 0.646. The number of fused-ring (bicyclic) bond motifs is 1. The molecule has 160 valence electrons. The van der Waals surface area contributed by atoms with Gasteiger partial charge in [0, 0.05) is 12.2 Å². The van der Waals surface area contributed by atoms with E-state index in [1.807, 2.05) is 0 Å². The number of halogens is 1. The molecule has 30 heavy (non-hydrogen) atoms. The number of benzene rings is 1. The van der Waals surface area contributed by atoms with Crippen molar-refractivity contribution in [3.8, 4) is 5.75 Å². The summed E-state index contributed by atoms with van der Waals surface area (Å²) in [6.45, 7) is 5.29. The molecule has 0 spiro atoms. The number of aromatic nitrogens is 2. The Bertz CT molecular complexity index is 1060. The van der Waals surface area contributed by atoms with E-state index in [1.54, 1.807) is 13.8 Å². The molecule has 1 aliphatic rings. The van der Waals surface area contributed by atoms with Crippen LogP contribution in [0.2, 0.25) is 0 Å². The average Bonchev–Trinajstić information content (AvgIpc) is 2.68. The first-order chi connectivity index (χ1) is 14.1. The second kappa shape index (κ2) is 8.23. The van der Waals surface area contributed by atoms with E-state index < -0.39 is 34.3 Å². The lowest BCUT2D eigenvalue weighted by Gasteiger charge is -2.32. The zero-order valence-corrected chi connectivity index (χ0v) is 16.9. The summed E-state index contributed by atoms with van der Waals surface area (Å²) in [5.74, 6) is -1.91. The lowest BCUT2D eigenvalue weighted by Crippen LogP contribution is -2.42. The van der Waals surface area contributed by atoms with Crippen LogP contribution in [0.1, 0.15) is 42.6 Å². The Morgan fingerprint density at radius 2 is 2.10 bits per heavy atom. The number of aromatic hydroxyl groups is 1. The van der Waals surface area contributed by atoms with Gasteiger partial charge in [-0.05, 0) is 38.5 Å². The van der Waals surface area contributed by atoms with Crippen LogP contribution in [0.5, 0.6) is 5.75 Å². The van der Waals surface area contributed by atoms with Crippen molar-refractivity contribution in [1.29, 1.82) is 0 Å². The molecular weight excluding hydrogens is 395 g/mol. The number of anilines is 1. The normalized spacial score (nSPS) is 14.7. The van der Waals surface area contributed by atoms with Crippen LogP contribution >= 0.6 is 0 Å². The first-order valence-electron chi connectivity index (χ1n) is 9.38. The van der Waals surface area contributed by atoms with Crippen molar-refractivity contribution in [2.75, 3.05) is 18.5 Å². The van der Waals surface area contributed by atoms with Gasteiger partial charge in [0.05, 0.1) is 19.7 Å². The van der Waals surface area contributed by atoms with Crippen LogP contribution in [0.25, 0.3) is 0 Å². The lowest BCUT2D eigenvalue weighted by atomic mass is 10.1. The maximum atomic E-state index is 13.6. The Morgan fingerprint density at radius 1 is 1.37 bits per heavy atom. The summed E-state index contributed by atoms with van der Waals surface area (Å²) in [5, 5.41) is 15.6. The minimum atomic E-state index is -0.902. The summed E-state index contributed by atoms with van der Waals surface area (Å²) < 4.78 is 20.5. The topological polar surface area (TPSA) is 123 Å². The van der Waals surface area contributed by atoms with E-state index in [-0.39, 0.29) is 37.8 Å². The summed E-state index contributed by atoms with van der Waals surface area (Å²) in [7, 11) is 0. The van der Waals surface area contributed by atoms with Gasteiger partial charge >= 0.3 is 0 Å². The van der Waals surface area contributed by atoms with E-state index in [2.05, 4.69) is 15.6 Å². The number of carbonyl (C=O) groups is 2. The van der Waals surface area contributed by atoms with E-state index in [1.165, 1.54) is 29.7 Å². The number of Topliss-reactive ketones (excluding diaryl/α,β-unsaturated/α-hetero) is 1. The van der Waals surface area contributed by atoms with Crippen LogP contribution in [0.15, 0.2) is 23.0 Å². The largest absolute Gasteiger partial charge is 0.501 e. The molecule has 1 aliphatic heterocycles. The number of rotatable bonds is 6. The van der Waals surface area contributed by atoms with Gasteiger partial charge in [-0.25, -0.2) is 9.37 Å². The zero-order valence-electron chi connectivity index (χ0n) is 16.9. The van der Waals surface area contributed by atoms with Crippen molar-refractivity contribution in [3.05, 3.63) is 51.5 Å². The molecule has 10 heteroatoms. The van der Waals surface area contributed by atoms with E-state index in [0.717, 1.165) is 0 Å². The van der Waals surface area contributed by atoms with Gasteiger partial charge in [0.25, 0.3) is 11.5 Å². The van der Waals surface area contributed by atoms with Crippen LogP contribution in [0.4, 0.5) is 10.1 Å². The third kappa shape index (κ3) is 4.33. The van der Waals surface area contributed by atoms with Gasteiger partial charge in [-0.15, -0.1) is 0 Å².